The van der Waals surface area contributed by atoms with Crippen LogP contribution < -0.4 is 15.1 Å². The van der Waals surface area contributed by atoms with Crippen molar-refractivity contribution in [3.8, 4) is 11.5 Å². The van der Waals surface area contributed by atoms with Gasteiger partial charge in [-0.05, 0) is 19.9 Å². The fraction of sp³-hybridized carbons (Fsp3) is 0.211. The summed E-state index contributed by atoms with van der Waals surface area (Å²) in [6, 6.07) is 9.43. The van der Waals surface area contributed by atoms with Gasteiger partial charge in [-0.2, -0.15) is 0 Å². The zero-order chi connectivity index (χ0) is 19.7. The van der Waals surface area contributed by atoms with Crippen LogP contribution in [0.3, 0.4) is 0 Å². The Morgan fingerprint density at radius 1 is 0.963 bits per heavy atom. The van der Waals surface area contributed by atoms with Gasteiger partial charge < -0.3 is 24.1 Å². The monoisotopic (exact) mass is 372 g/mol. The zero-order valence-electron chi connectivity index (χ0n) is 14.5. The predicted molar refractivity (Wildman–Crippen MR) is 95.4 cm³/mol. The van der Waals surface area contributed by atoms with Gasteiger partial charge in [0.25, 0.3) is 0 Å². The second kappa shape index (κ2) is 6.99. The number of carbonyl (C=O) groups is 2. The number of fused-ring (bicyclic) bond motifs is 3. The minimum Gasteiger partial charge on any atom is -0.479 e. The molecule has 0 unspecified atom stereocenters. The number of hydrogen-bond acceptors (Lipinski definition) is 6. The second-order valence-corrected chi connectivity index (χ2v) is 5.93. The number of hydrogen-bond donors (Lipinski definition) is 2. The molecule has 2 aromatic carbocycles. The lowest BCUT2D eigenvalue weighted by Gasteiger charge is -2.16. The van der Waals surface area contributed by atoms with Gasteiger partial charge in [0, 0.05) is 17.5 Å². The van der Waals surface area contributed by atoms with Crippen LogP contribution in [0.2, 0.25) is 0 Å². The normalized spacial score (nSPS) is 13.3. The third-order valence-electron chi connectivity index (χ3n) is 3.97. The third-order valence-corrected chi connectivity index (χ3v) is 3.97. The van der Waals surface area contributed by atoms with Crippen LogP contribution in [0.5, 0.6) is 11.5 Å². The number of rotatable bonds is 6. The molecule has 2 atom stereocenters. The number of carboxylic acids is 2. The number of aliphatic carboxylic acids is 2. The molecule has 140 valence electrons. The van der Waals surface area contributed by atoms with E-state index in [1.807, 2.05) is 0 Å². The highest BCUT2D eigenvalue weighted by molar-refractivity contribution is 6.08. The van der Waals surface area contributed by atoms with Crippen molar-refractivity contribution in [2.75, 3.05) is 0 Å². The quantitative estimate of drug-likeness (QED) is 0.500. The Morgan fingerprint density at radius 3 is 2.19 bits per heavy atom. The SMILES string of the molecule is C[C@H](Oc1cc(O[C@@H](C)C(=O)O)c2c(c1)oc(=O)c1ccccc12)C(=O)O. The molecule has 0 bridgehead atoms. The topological polar surface area (TPSA) is 123 Å². The van der Waals surface area contributed by atoms with Crippen molar-refractivity contribution >= 4 is 33.7 Å². The molecule has 1 heterocycles. The summed E-state index contributed by atoms with van der Waals surface area (Å²) in [5.41, 5.74) is -0.486. The molecule has 0 spiro atoms. The lowest BCUT2D eigenvalue weighted by atomic mass is 10.1. The van der Waals surface area contributed by atoms with Crippen LogP contribution in [0.4, 0.5) is 0 Å². The van der Waals surface area contributed by atoms with Crippen LogP contribution in [-0.4, -0.2) is 34.4 Å². The molecule has 3 aromatic rings. The van der Waals surface area contributed by atoms with Gasteiger partial charge in [0.2, 0.25) is 0 Å². The predicted octanol–water partition coefficient (Wildman–Crippen LogP) is 2.65. The van der Waals surface area contributed by atoms with Crippen LogP contribution in [0, 0.1) is 0 Å². The van der Waals surface area contributed by atoms with E-state index in [0.717, 1.165) is 0 Å². The van der Waals surface area contributed by atoms with Crippen LogP contribution in [0.1, 0.15) is 13.8 Å². The fourth-order valence-corrected chi connectivity index (χ4v) is 2.60. The first-order chi connectivity index (χ1) is 12.8. The highest BCUT2D eigenvalue weighted by Crippen LogP contribution is 2.36. The Bertz CT molecular complexity index is 1100. The number of ether oxygens (including phenoxy) is 2. The van der Waals surface area contributed by atoms with Gasteiger partial charge in [-0.25, -0.2) is 14.4 Å². The highest BCUT2D eigenvalue weighted by atomic mass is 16.5. The van der Waals surface area contributed by atoms with Gasteiger partial charge in [-0.1, -0.05) is 18.2 Å². The van der Waals surface area contributed by atoms with Crippen LogP contribution in [0.25, 0.3) is 21.7 Å². The average Bonchev–Trinajstić information content (AvgIpc) is 2.61. The van der Waals surface area contributed by atoms with E-state index in [4.69, 9.17) is 24.1 Å². The van der Waals surface area contributed by atoms with Crippen molar-refractivity contribution in [3.63, 3.8) is 0 Å². The Kier molecular flexibility index (Phi) is 4.72. The van der Waals surface area contributed by atoms with E-state index in [9.17, 15) is 14.4 Å². The molecule has 0 saturated heterocycles. The van der Waals surface area contributed by atoms with E-state index in [0.29, 0.717) is 16.2 Å². The van der Waals surface area contributed by atoms with Crippen molar-refractivity contribution in [1.29, 1.82) is 0 Å². The molecule has 0 aliphatic carbocycles. The Balaban J connectivity index is 2.28. The van der Waals surface area contributed by atoms with Gasteiger partial charge in [-0.3, -0.25) is 0 Å². The summed E-state index contributed by atoms with van der Waals surface area (Å²) in [7, 11) is 0. The third kappa shape index (κ3) is 3.55. The van der Waals surface area contributed by atoms with Crippen molar-refractivity contribution in [2.24, 2.45) is 0 Å². The molecule has 1 aromatic heterocycles. The molecule has 0 saturated carbocycles. The molecule has 0 fully saturated rings. The lowest BCUT2D eigenvalue weighted by Crippen LogP contribution is -2.24. The lowest BCUT2D eigenvalue weighted by molar-refractivity contribution is -0.144. The van der Waals surface area contributed by atoms with E-state index >= 15 is 0 Å². The first-order valence-corrected chi connectivity index (χ1v) is 8.06. The zero-order valence-corrected chi connectivity index (χ0v) is 14.5. The smallest absolute Gasteiger partial charge is 0.344 e. The van der Waals surface area contributed by atoms with Crippen molar-refractivity contribution in [1.82, 2.24) is 0 Å². The van der Waals surface area contributed by atoms with Crippen LogP contribution >= 0.6 is 0 Å². The van der Waals surface area contributed by atoms with E-state index in [1.165, 1.54) is 26.0 Å². The molecule has 8 heteroatoms. The molecule has 0 aliphatic heterocycles. The standard InChI is InChI=1S/C19H16O8/c1-9(17(20)21)25-11-7-14(26-10(2)18(22)23)16-12-5-3-4-6-13(12)19(24)27-15(16)8-11/h3-10H,1-2H3,(H,20,21)(H,22,23)/t9-,10-/m0/s1. The van der Waals surface area contributed by atoms with Gasteiger partial charge in [-0.15, -0.1) is 0 Å². The molecule has 0 amide bonds. The van der Waals surface area contributed by atoms with E-state index in [-0.39, 0.29) is 17.1 Å². The molecule has 2 N–H and O–H groups in total. The minimum absolute atomic E-state index is 0.0726. The summed E-state index contributed by atoms with van der Waals surface area (Å²) in [5.74, 6) is -2.19. The van der Waals surface area contributed by atoms with Gasteiger partial charge in [0.1, 0.15) is 17.1 Å². The number of benzene rings is 2. The summed E-state index contributed by atoms with van der Waals surface area (Å²) in [6.45, 7) is 2.69. The molecule has 8 nitrogen and oxygen atoms in total. The summed E-state index contributed by atoms with van der Waals surface area (Å²) in [4.78, 5) is 34.5. The minimum atomic E-state index is -1.19. The average molecular weight is 372 g/mol. The summed E-state index contributed by atoms with van der Waals surface area (Å²) in [5, 5.41) is 19.4. The maximum atomic E-state index is 12.2. The Labute approximate surface area is 152 Å². The van der Waals surface area contributed by atoms with Crippen LogP contribution in [-0.2, 0) is 9.59 Å². The molecule has 0 radical (unpaired) electrons. The van der Waals surface area contributed by atoms with Crippen molar-refractivity contribution in [3.05, 3.63) is 46.8 Å². The van der Waals surface area contributed by atoms with Gasteiger partial charge >= 0.3 is 17.6 Å². The molecular weight excluding hydrogens is 356 g/mol. The first-order valence-electron chi connectivity index (χ1n) is 8.06. The van der Waals surface area contributed by atoms with E-state index in [2.05, 4.69) is 0 Å². The fourth-order valence-electron chi connectivity index (χ4n) is 2.60. The highest BCUT2D eigenvalue weighted by Gasteiger charge is 2.21. The second-order valence-electron chi connectivity index (χ2n) is 5.93. The molecular formula is C19H16O8. The van der Waals surface area contributed by atoms with Gasteiger partial charge in [0.05, 0.1) is 10.8 Å². The largest absolute Gasteiger partial charge is 0.479 e. The van der Waals surface area contributed by atoms with E-state index < -0.39 is 29.8 Å². The Morgan fingerprint density at radius 2 is 1.56 bits per heavy atom. The number of carboxylic acid groups (broad SMARTS) is 2. The van der Waals surface area contributed by atoms with Crippen molar-refractivity contribution in [2.45, 2.75) is 26.1 Å². The maximum Gasteiger partial charge on any atom is 0.344 e. The maximum absolute atomic E-state index is 12.2. The molecule has 27 heavy (non-hydrogen) atoms. The molecule has 0 aliphatic rings. The summed E-state index contributed by atoms with van der Waals surface area (Å²) >= 11 is 0. The molecule has 3 rings (SSSR count). The first kappa shape index (κ1) is 18.2. The summed E-state index contributed by atoms with van der Waals surface area (Å²) < 4.78 is 16.2. The van der Waals surface area contributed by atoms with Crippen molar-refractivity contribution < 1.29 is 33.7 Å². The van der Waals surface area contributed by atoms with Gasteiger partial charge in [0.15, 0.2) is 12.2 Å². The van der Waals surface area contributed by atoms with Crippen LogP contribution in [0.15, 0.2) is 45.6 Å². The Hall–Kier alpha value is -3.55. The summed E-state index contributed by atoms with van der Waals surface area (Å²) in [6.07, 6.45) is -2.36. The van der Waals surface area contributed by atoms with E-state index in [1.54, 1.807) is 24.3 Å².